The highest BCUT2D eigenvalue weighted by Gasteiger charge is 2.10. The summed E-state index contributed by atoms with van der Waals surface area (Å²) < 4.78 is 19.4. The molecule has 0 spiro atoms. The summed E-state index contributed by atoms with van der Waals surface area (Å²) in [6, 6.07) is 11.3. The summed E-state index contributed by atoms with van der Waals surface area (Å²) in [5.74, 6) is 2.01. The molecule has 0 unspecified atom stereocenters. The van der Waals surface area contributed by atoms with Crippen LogP contribution in [-0.4, -0.2) is 43.9 Å². The van der Waals surface area contributed by atoms with Crippen molar-refractivity contribution in [1.82, 2.24) is 24.7 Å². The lowest BCUT2D eigenvalue weighted by atomic mass is 10.1. The molecule has 0 N–H and O–H groups in total. The molecule has 0 fully saturated rings. The third kappa shape index (κ3) is 5.89. The lowest BCUT2D eigenvalue weighted by Gasteiger charge is -2.06. The molecule has 11 heteroatoms. The molecule has 0 saturated carbocycles. The highest BCUT2D eigenvalue weighted by Crippen LogP contribution is 2.19. The highest BCUT2D eigenvalue weighted by atomic mass is 32.2. The molecule has 0 bridgehead atoms. The molecule has 4 rings (SSSR count). The van der Waals surface area contributed by atoms with Crippen molar-refractivity contribution in [2.45, 2.75) is 31.5 Å². The van der Waals surface area contributed by atoms with Gasteiger partial charge >= 0.3 is 5.97 Å². The summed E-state index contributed by atoms with van der Waals surface area (Å²) in [7, 11) is 1.32. The summed E-state index contributed by atoms with van der Waals surface area (Å²) in [4.78, 5) is 11.5. The Bertz CT molecular complexity index is 1260. The minimum Gasteiger partial charge on any atom is -0.486 e. The number of esters is 1. The first-order valence-corrected chi connectivity index (χ1v) is 11.0. The zero-order chi connectivity index (χ0) is 23.2. The number of aryl methyl sites for hydroxylation is 2. The second-order valence-corrected chi connectivity index (χ2v) is 8.04. The number of methoxy groups -OCH3 is 1. The second kappa shape index (κ2) is 10.2. The van der Waals surface area contributed by atoms with E-state index in [1.807, 2.05) is 38.1 Å². The first kappa shape index (κ1) is 22.3. The molecular formula is C22H22N6O4S. The van der Waals surface area contributed by atoms with Gasteiger partial charge in [-0.1, -0.05) is 17.8 Å². The fraction of sp³-hybridized carbons (Fsp3) is 0.227. The van der Waals surface area contributed by atoms with E-state index in [2.05, 4.69) is 31.2 Å². The Hall–Kier alpha value is -3.86. The predicted molar refractivity (Wildman–Crippen MR) is 121 cm³/mol. The van der Waals surface area contributed by atoms with Gasteiger partial charge in [-0.05, 0) is 55.3 Å². The standard InChI is InChI=1S/C22H22N6O4S/c1-15-8-16(2)10-19(9-15)31-12-18-5-4-17(32-18)11-24-28-13-23-25-22(28)33-14-27-7-6-20(26-27)21(29)30-3/h4-11,13H,12,14H2,1-3H3/b24-11-. The molecule has 1 aromatic carbocycles. The Morgan fingerprint density at radius 3 is 2.82 bits per heavy atom. The molecule has 0 amide bonds. The van der Waals surface area contributed by atoms with Gasteiger partial charge in [-0.25, -0.2) is 4.79 Å². The van der Waals surface area contributed by atoms with Crippen molar-refractivity contribution in [2.24, 2.45) is 5.10 Å². The van der Waals surface area contributed by atoms with Crippen LogP contribution < -0.4 is 4.74 Å². The molecule has 170 valence electrons. The summed E-state index contributed by atoms with van der Waals surface area (Å²) >= 11 is 1.36. The first-order valence-electron chi connectivity index (χ1n) is 9.99. The van der Waals surface area contributed by atoms with Gasteiger partial charge in [-0.2, -0.15) is 14.9 Å². The largest absolute Gasteiger partial charge is 0.486 e. The van der Waals surface area contributed by atoms with E-state index in [0.29, 0.717) is 29.2 Å². The van der Waals surface area contributed by atoms with Gasteiger partial charge in [0.2, 0.25) is 5.16 Å². The maximum absolute atomic E-state index is 11.5. The Morgan fingerprint density at radius 1 is 1.21 bits per heavy atom. The van der Waals surface area contributed by atoms with Crippen molar-refractivity contribution in [3.8, 4) is 5.75 Å². The van der Waals surface area contributed by atoms with Crippen molar-refractivity contribution < 1.29 is 18.7 Å². The Morgan fingerprint density at radius 2 is 2.03 bits per heavy atom. The van der Waals surface area contributed by atoms with Crippen LogP contribution in [0.1, 0.15) is 33.1 Å². The monoisotopic (exact) mass is 466 g/mol. The number of rotatable bonds is 9. The third-order valence-electron chi connectivity index (χ3n) is 4.43. The molecule has 4 aromatic rings. The molecule has 33 heavy (non-hydrogen) atoms. The van der Waals surface area contributed by atoms with E-state index in [0.717, 1.165) is 16.9 Å². The van der Waals surface area contributed by atoms with Crippen LogP contribution in [0.15, 0.2) is 63.6 Å². The van der Waals surface area contributed by atoms with E-state index in [9.17, 15) is 4.79 Å². The average Bonchev–Trinajstić information content (AvgIpc) is 3.54. The van der Waals surface area contributed by atoms with Gasteiger partial charge in [0.25, 0.3) is 0 Å². The van der Waals surface area contributed by atoms with Gasteiger partial charge in [-0.15, -0.1) is 10.2 Å². The predicted octanol–water partition coefficient (Wildman–Crippen LogP) is 3.68. The number of hydrogen-bond donors (Lipinski definition) is 0. The third-order valence-corrected chi connectivity index (χ3v) is 5.35. The normalized spacial score (nSPS) is 11.2. The zero-order valence-electron chi connectivity index (χ0n) is 18.3. The van der Waals surface area contributed by atoms with Gasteiger partial charge < -0.3 is 13.9 Å². The van der Waals surface area contributed by atoms with E-state index < -0.39 is 5.97 Å². The number of furan rings is 1. The number of hydrogen-bond acceptors (Lipinski definition) is 9. The maximum Gasteiger partial charge on any atom is 0.358 e. The lowest BCUT2D eigenvalue weighted by Crippen LogP contribution is -2.04. The van der Waals surface area contributed by atoms with Gasteiger partial charge in [0.05, 0.1) is 19.2 Å². The second-order valence-electron chi connectivity index (χ2n) is 7.12. The molecule has 0 saturated heterocycles. The molecule has 10 nitrogen and oxygen atoms in total. The molecule has 0 atom stereocenters. The van der Waals surface area contributed by atoms with Crippen LogP contribution in [0.25, 0.3) is 0 Å². The van der Waals surface area contributed by atoms with Crippen LogP contribution in [-0.2, 0) is 17.2 Å². The number of nitrogens with zero attached hydrogens (tertiary/aromatic N) is 6. The molecule has 3 heterocycles. The minimum absolute atomic E-state index is 0.243. The summed E-state index contributed by atoms with van der Waals surface area (Å²) in [6.07, 6.45) is 4.76. The van der Waals surface area contributed by atoms with Gasteiger partial charge in [0.15, 0.2) is 5.69 Å². The number of thioether (sulfide) groups is 1. The van der Waals surface area contributed by atoms with Crippen LogP contribution >= 0.6 is 11.8 Å². The first-order chi connectivity index (χ1) is 16.0. The summed E-state index contributed by atoms with van der Waals surface area (Å²) in [5, 5.41) is 17.0. The van der Waals surface area contributed by atoms with E-state index in [-0.39, 0.29) is 5.69 Å². The van der Waals surface area contributed by atoms with Crippen LogP contribution in [0.4, 0.5) is 0 Å². The topological polar surface area (TPSA) is 110 Å². The van der Waals surface area contributed by atoms with E-state index >= 15 is 0 Å². The van der Waals surface area contributed by atoms with Crippen LogP contribution in [0.3, 0.4) is 0 Å². The molecule has 0 radical (unpaired) electrons. The van der Waals surface area contributed by atoms with Gasteiger partial charge in [0, 0.05) is 6.20 Å². The quantitative estimate of drug-likeness (QED) is 0.209. The summed E-state index contributed by atoms with van der Waals surface area (Å²) in [6.45, 7) is 4.39. The summed E-state index contributed by atoms with van der Waals surface area (Å²) in [5.41, 5.74) is 2.54. The van der Waals surface area contributed by atoms with Crippen molar-refractivity contribution in [1.29, 1.82) is 0 Å². The van der Waals surface area contributed by atoms with Gasteiger partial charge in [-0.3, -0.25) is 4.68 Å². The Kier molecular flexibility index (Phi) is 6.89. The Labute approximate surface area is 194 Å². The van der Waals surface area contributed by atoms with Crippen molar-refractivity contribution in [3.63, 3.8) is 0 Å². The molecule has 0 aliphatic heterocycles. The van der Waals surface area contributed by atoms with Crippen LogP contribution in [0.5, 0.6) is 5.75 Å². The van der Waals surface area contributed by atoms with E-state index in [1.165, 1.54) is 29.9 Å². The van der Waals surface area contributed by atoms with Crippen molar-refractivity contribution >= 4 is 23.9 Å². The smallest absolute Gasteiger partial charge is 0.358 e. The number of carbonyl (C=O) groups is 1. The highest BCUT2D eigenvalue weighted by molar-refractivity contribution is 7.98. The van der Waals surface area contributed by atoms with Crippen molar-refractivity contribution in [3.05, 3.63) is 77.3 Å². The molecular weight excluding hydrogens is 444 g/mol. The fourth-order valence-corrected chi connectivity index (χ4v) is 3.72. The Balaban J connectivity index is 1.33. The molecule has 0 aliphatic rings. The molecule has 3 aromatic heterocycles. The van der Waals surface area contributed by atoms with Gasteiger partial charge in [0.1, 0.15) is 30.2 Å². The average molecular weight is 467 g/mol. The van der Waals surface area contributed by atoms with E-state index in [4.69, 9.17) is 9.15 Å². The lowest BCUT2D eigenvalue weighted by molar-refractivity contribution is 0.0593. The number of aromatic nitrogens is 5. The van der Waals surface area contributed by atoms with Crippen LogP contribution in [0, 0.1) is 13.8 Å². The number of benzene rings is 1. The maximum atomic E-state index is 11.5. The SMILES string of the molecule is COC(=O)c1ccn(CSc2nncn2/N=C\c2ccc(COc3cc(C)cc(C)c3)o2)n1. The number of ether oxygens (including phenoxy) is 2. The number of carbonyl (C=O) groups excluding carboxylic acids is 1. The minimum atomic E-state index is -0.483. The molecule has 0 aliphatic carbocycles. The van der Waals surface area contributed by atoms with Crippen LogP contribution in [0.2, 0.25) is 0 Å². The zero-order valence-corrected chi connectivity index (χ0v) is 19.2. The fourth-order valence-electron chi connectivity index (χ4n) is 3.00. The van der Waals surface area contributed by atoms with E-state index in [1.54, 1.807) is 23.2 Å². The van der Waals surface area contributed by atoms with Crippen molar-refractivity contribution in [2.75, 3.05) is 7.11 Å².